The van der Waals surface area contributed by atoms with Gasteiger partial charge in [0.15, 0.2) is 0 Å². The second-order valence-corrected chi connectivity index (χ2v) is 40.2. The lowest BCUT2D eigenvalue weighted by atomic mass is 9.97. The van der Waals surface area contributed by atoms with Crippen molar-refractivity contribution in [1.29, 1.82) is 0 Å². The lowest BCUT2D eigenvalue weighted by Crippen LogP contribution is -2.82. The summed E-state index contributed by atoms with van der Waals surface area (Å²) in [4.78, 5) is 263. The molecule has 0 bridgehead atoms. The highest BCUT2D eigenvalue weighted by Crippen LogP contribution is 2.32. The van der Waals surface area contributed by atoms with Crippen molar-refractivity contribution in [3.63, 3.8) is 0 Å². The first-order valence-corrected chi connectivity index (χ1v) is 51.9. The van der Waals surface area contributed by atoms with Gasteiger partial charge in [-0.25, -0.2) is 0 Å². The summed E-state index contributed by atoms with van der Waals surface area (Å²) in [6.07, 6.45) is 10.4. The maximum absolute atomic E-state index is 14.4. The molecule has 0 aromatic heterocycles. The van der Waals surface area contributed by atoms with E-state index in [0.29, 0.717) is 166 Å². The molecule has 2 aromatic carbocycles. The van der Waals surface area contributed by atoms with Gasteiger partial charge < -0.3 is 159 Å². The van der Waals surface area contributed by atoms with E-state index in [-0.39, 0.29) is 113 Å². The zero-order chi connectivity index (χ0) is 106. The number of carboxylic acids is 2. The van der Waals surface area contributed by atoms with Gasteiger partial charge in [0.05, 0.1) is 113 Å². The molecule has 4 saturated carbocycles. The fourth-order valence-electron chi connectivity index (χ4n) is 20.9. The summed E-state index contributed by atoms with van der Waals surface area (Å²) in [5, 5.41) is 95.5. The Kier molecular flexibility index (Phi) is 46.8. The average Bonchev–Trinajstić information content (AvgIpc) is 1.63. The number of phenolic OH excluding ortho intramolecular Hbond substituents is 2. The minimum Gasteiger partial charge on any atom is -0.550 e. The van der Waals surface area contributed by atoms with Gasteiger partial charge >= 0.3 is 0 Å². The smallest absolute Gasteiger partial charge is 0.243 e. The number of aromatic hydroxyl groups is 2. The van der Waals surface area contributed by atoms with Gasteiger partial charge in [-0.1, -0.05) is 62.8 Å². The normalized spacial score (nSPS) is 25.0. The van der Waals surface area contributed by atoms with Crippen molar-refractivity contribution in [2.24, 2.45) is 58.8 Å². The van der Waals surface area contributed by atoms with Gasteiger partial charge in [0, 0.05) is 62.8 Å². The number of carboxylic acid groups (broad SMARTS) is 2. The lowest BCUT2D eigenvalue weighted by molar-refractivity contribution is -0.638. The van der Waals surface area contributed by atoms with E-state index in [9.17, 15) is 116 Å². The summed E-state index contributed by atoms with van der Waals surface area (Å²) in [6.45, 7) is 9.58. The third-order valence-corrected chi connectivity index (χ3v) is 29.2. The van der Waals surface area contributed by atoms with Gasteiger partial charge in [0.2, 0.25) is 106 Å². The Bertz CT molecular complexity index is 4800. The predicted molar refractivity (Wildman–Crippen MR) is 516 cm³/mol. The van der Waals surface area contributed by atoms with Gasteiger partial charge in [0.1, 0.15) is 83.5 Å². The van der Waals surface area contributed by atoms with Crippen LogP contribution in [0, 0.1) is 47.3 Å². The number of primary amides is 2. The van der Waals surface area contributed by atoms with Gasteiger partial charge in [-0.15, -0.1) is 0 Å². The van der Waals surface area contributed by atoms with Gasteiger partial charge in [-0.2, -0.15) is 0 Å². The predicted octanol–water partition coefficient (Wildman–Crippen LogP) is -13.9. The van der Waals surface area contributed by atoms with Crippen LogP contribution in [0.5, 0.6) is 11.5 Å². The Morgan fingerprint density at radius 1 is 0.308 bits per heavy atom. The van der Waals surface area contributed by atoms with E-state index in [1.54, 1.807) is 24.3 Å². The van der Waals surface area contributed by atoms with E-state index in [4.69, 9.17) is 11.5 Å². The summed E-state index contributed by atoms with van der Waals surface area (Å²) in [6, 6.07) is -0.697. The van der Waals surface area contributed by atoms with Crippen LogP contribution >= 0.6 is 0 Å². The van der Waals surface area contributed by atoms with Gasteiger partial charge in [0.25, 0.3) is 0 Å². The van der Waals surface area contributed by atoms with Crippen LogP contribution in [0.4, 0.5) is 0 Å². The quantitative estimate of drug-likeness (QED) is 0.0274. The molecule has 18 amide bonds. The third kappa shape index (κ3) is 36.4. The fraction of sp³-hybridized carbons (Fsp3) is 0.673. The maximum Gasteiger partial charge on any atom is 0.243 e. The van der Waals surface area contributed by atoms with Crippen LogP contribution in [0.3, 0.4) is 0 Å². The van der Waals surface area contributed by atoms with E-state index in [1.165, 1.54) is 52.0 Å². The Balaban J connectivity index is 0.000000325. The summed E-state index contributed by atoms with van der Waals surface area (Å²) >= 11 is 0. The topological polar surface area (TPSA) is 794 Å². The first kappa shape index (κ1) is 117. The first-order chi connectivity index (χ1) is 69.7. The molecule has 24 atom stereocenters. The molecule has 808 valence electrons. The molecular weight excluding hydrogens is 1900 g/mol. The number of nitrogens with two attached hydrogens (primary N) is 6. The zero-order valence-electron chi connectivity index (χ0n) is 84.1. The lowest BCUT2D eigenvalue weighted by Gasteiger charge is -2.28. The molecule has 48 heteroatoms. The Labute approximate surface area is 848 Å². The molecule has 4 saturated heterocycles. The van der Waals surface area contributed by atoms with Gasteiger partial charge in [-0.3, -0.25) is 86.3 Å². The number of rotatable bonds is 54. The fourth-order valence-corrected chi connectivity index (χ4v) is 20.9. The minimum absolute atomic E-state index is 0.00193. The van der Waals surface area contributed by atoms with Crippen LogP contribution in [0.25, 0.3) is 0 Å². The van der Waals surface area contributed by atoms with Crippen molar-refractivity contribution < 1.29 is 149 Å². The van der Waals surface area contributed by atoms with Gasteiger partial charge in [-0.05, 0) is 178 Å². The summed E-state index contributed by atoms with van der Waals surface area (Å²) in [5.41, 5.74) is 19.7. The highest BCUT2D eigenvalue weighted by Gasteiger charge is 2.48. The molecule has 0 radical (unpaired) electrons. The van der Waals surface area contributed by atoms with Crippen molar-refractivity contribution >= 4 is 118 Å². The Hall–Kier alpha value is -12.8. The number of quaternary nitrogens is 6. The van der Waals surface area contributed by atoms with E-state index in [0.717, 1.165) is 12.8 Å². The van der Waals surface area contributed by atoms with Crippen molar-refractivity contribution in [2.75, 3.05) is 65.4 Å². The Morgan fingerprint density at radius 3 is 0.781 bits per heavy atom. The van der Waals surface area contributed by atoms with E-state index in [1.807, 2.05) is 21.3 Å². The number of unbranched alkanes of at least 4 members (excludes halogenated alkanes) is 4. The molecule has 10 rings (SSSR count). The summed E-state index contributed by atoms with van der Waals surface area (Å²) in [7, 11) is 0. The molecule has 4 heterocycles. The van der Waals surface area contributed by atoms with Crippen molar-refractivity contribution in [3.05, 3.63) is 59.7 Å². The van der Waals surface area contributed by atoms with Crippen LogP contribution in [0.2, 0.25) is 0 Å². The van der Waals surface area contributed by atoms with Crippen LogP contribution < -0.4 is 139 Å². The number of hydrogen-bond acceptors (Lipinski definition) is 24. The standard InChI is InChI=1S/2C49H76N12O12/c1-26(42(51)66)54-45(69)32-22-52-24-39(32)60-47(71)36(11-3-4-15-41(64)65)57-44(68)31-10-8-14-35(31)56-49(73)38(21-28-16-18-29(63)19-17-28)59-46(70)33-23-53-25-40(33)61-48(72)37(12-5-6-20-50)58-43(67)30-9-7-13-34(30)55-27(2)62;1-26(42(51)66)54-45(69)32-22-52-24-39(32)60-48(72)37(12-5-6-20-50)58-44(68)31-10-8-14-35(31)56-49(73)38(21-28-16-18-29(63)19-17-28)59-46(70)33-23-53-25-40(33)61-47(71)36(11-3-4-15-41(64)65)57-43(67)30-9-7-13-34(30)55-27(2)62/h16-19,26,30-40,52-53,63H,3-15,20-25,50H2,1-2H3,(H2,51,66)(H,54,69)(H,55,62)(H,56,73)(H,57,68)(H,58,67)(H,59,70)(H,60,71)(H,61,72)(H,64,65);16-19,26,30-40,52-53,63H,3-15,20-25,50H2,1-2H3,(H2,51,66)(H,54,69)(H,55,62)(H,56,73)(H,57,67)(H,58,68)(H,59,70)(H,60,72)(H,61,71)(H,64,65)/p+4/t2*26-,30?,31?,32?,33?,34?,35?,36-,37-,38-,39?,40?/m00/s1. The van der Waals surface area contributed by atoms with Crippen LogP contribution in [-0.2, 0) is 109 Å². The maximum atomic E-state index is 14.4. The number of amides is 18. The molecule has 2 aromatic rings. The molecule has 8 aliphatic rings. The molecule has 48 nitrogen and oxygen atoms in total. The molecule has 16 unspecified atom stereocenters. The third-order valence-electron chi connectivity index (χ3n) is 29.2. The molecule has 4 aliphatic heterocycles. The minimum atomic E-state index is -1.26. The highest BCUT2D eigenvalue weighted by atomic mass is 16.4. The average molecular weight is 2050 g/mol. The SMILES string of the molecule is CC(=O)NC1CCCC1C(=O)N[C@@H](CCCCC(=O)[O-])C(=O)NC1C[NH2+]CC1C(=O)N[C@@H](Cc1ccc(O)cc1)C(=O)NC1CCCC1C(=O)N[C@@H](CCCC[NH3+])C(=O)NC1C[NH2+]CC1C(=O)N[C@@H](C)C(N)=O.CC(=O)NC1CCCC1C(=O)N[C@@H](CCCC[NH3+])C(=O)NC1C[NH2+]CC1C(=O)N[C@@H](Cc1ccc(O)cc1)C(=O)NC1CCCC1C(=O)N[C@@H](CCCCC(=O)[O-])C(=O)NC1C[NH2+]CC1C(=O)N[C@@H](C)C(N)=O. The van der Waals surface area contributed by atoms with Crippen molar-refractivity contribution in [1.82, 2.24) is 85.1 Å². The van der Waals surface area contributed by atoms with Crippen molar-refractivity contribution in [2.45, 2.75) is 304 Å². The number of carbonyl (C=O) groups excluding carboxylic acids is 20. The second kappa shape index (κ2) is 58.5. The van der Waals surface area contributed by atoms with Crippen LogP contribution in [-0.4, -0.2) is 291 Å². The van der Waals surface area contributed by atoms with Crippen molar-refractivity contribution in [3.8, 4) is 11.5 Å². The number of aliphatic carboxylic acids is 2. The largest absolute Gasteiger partial charge is 0.550 e. The molecule has 4 aliphatic carbocycles. The molecule has 0 spiro atoms. The zero-order valence-corrected chi connectivity index (χ0v) is 84.1. The summed E-state index contributed by atoms with van der Waals surface area (Å²) in [5.74, 6) is -16.9. The Morgan fingerprint density at radius 2 is 0.534 bits per heavy atom. The number of carbonyl (C=O) groups is 20. The number of phenols is 2. The molecule has 8 fully saturated rings. The number of benzene rings is 2. The summed E-state index contributed by atoms with van der Waals surface area (Å²) < 4.78 is 0. The second-order valence-electron chi connectivity index (χ2n) is 40.2. The molecule has 36 N–H and O–H groups in total. The van der Waals surface area contributed by atoms with E-state index in [2.05, 4.69) is 96.5 Å². The highest BCUT2D eigenvalue weighted by molar-refractivity contribution is 5.97. The van der Waals surface area contributed by atoms with Crippen LogP contribution in [0.1, 0.15) is 206 Å². The van der Waals surface area contributed by atoms with Crippen LogP contribution in [0.15, 0.2) is 48.5 Å². The molecule has 146 heavy (non-hydrogen) atoms. The number of hydrogen-bond donors (Lipinski definition) is 26. The number of nitrogens with one attached hydrogen (secondary N) is 16. The monoisotopic (exact) mass is 2050 g/mol. The van der Waals surface area contributed by atoms with E-state index < -0.39 is 239 Å². The first-order valence-electron chi connectivity index (χ1n) is 51.9. The van der Waals surface area contributed by atoms with E-state index >= 15 is 0 Å². The molecular formula is C98H156N24O24+4.